The van der Waals surface area contributed by atoms with Crippen molar-refractivity contribution in [1.29, 1.82) is 0 Å². The molecule has 2 aliphatic carbocycles. The summed E-state index contributed by atoms with van der Waals surface area (Å²) in [4.78, 5) is 54.8. The van der Waals surface area contributed by atoms with Crippen LogP contribution in [-0.2, 0) is 30.8 Å². The van der Waals surface area contributed by atoms with E-state index in [1.807, 2.05) is 91.0 Å². The van der Waals surface area contributed by atoms with Crippen LogP contribution in [0.2, 0.25) is 0 Å². The number of allylic oxidation sites excluding steroid dienone is 2. The van der Waals surface area contributed by atoms with Crippen LogP contribution in [0.15, 0.2) is 97.1 Å². The molecule has 1 saturated heterocycles. The van der Waals surface area contributed by atoms with E-state index in [9.17, 15) is 22.8 Å². The molecule has 3 aromatic carbocycles. The van der Waals surface area contributed by atoms with Gasteiger partial charge >= 0.3 is 0 Å². The Morgan fingerprint density at radius 2 is 1.65 bits per heavy atom. The molecule has 8 rings (SSSR count). The van der Waals surface area contributed by atoms with Crippen molar-refractivity contribution in [2.24, 2.45) is 17.3 Å². The molecule has 10 nitrogen and oxygen atoms in total. The molecule has 0 bridgehead atoms. The molecule has 2 amide bonds. The van der Waals surface area contributed by atoms with Crippen LogP contribution in [0.5, 0.6) is 5.88 Å². The van der Waals surface area contributed by atoms with Gasteiger partial charge in [-0.15, -0.1) is 0 Å². The standard InChI is InChI=1S/C44H48N4O6S/c1-43(23-24-43)55(52,53)47-42(51)44-27-33(44)20-12-4-2-3-9-19-32(25-30-15-7-5-8-16-30)41(50)48-29-34(26-37(48)38(49)28-44)54-40-35-21-13-14-22-36(35)45-39(46-40)31-17-10-6-11-18-31/h5-8,10-18,20-22,32-34,37H,2-4,9,19,23-29H2,1H3,(H,47,51)/b20-12-/t32-,33+,34-,37+,44-/m1/s1. The van der Waals surface area contributed by atoms with Gasteiger partial charge in [0.15, 0.2) is 11.6 Å². The van der Waals surface area contributed by atoms with Gasteiger partial charge in [-0.05, 0) is 75.5 Å². The fourth-order valence-electron chi connectivity index (χ4n) is 8.33. The van der Waals surface area contributed by atoms with E-state index < -0.39 is 38.2 Å². The number of aromatic nitrogens is 2. The number of hydrogen-bond donors (Lipinski definition) is 1. The lowest BCUT2D eigenvalue weighted by Gasteiger charge is -2.29. The normalized spacial score (nSPS) is 27.3. The number of nitrogens with one attached hydrogen (secondary N) is 1. The Morgan fingerprint density at radius 3 is 2.42 bits per heavy atom. The van der Waals surface area contributed by atoms with E-state index in [-0.39, 0.29) is 42.9 Å². The third-order valence-electron chi connectivity index (χ3n) is 12.2. The maximum atomic E-state index is 14.8. The molecule has 3 fully saturated rings. The lowest BCUT2D eigenvalue weighted by molar-refractivity contribution is -0.142. The van der Waals surface area contributed by atoms with Crippen molar-refractivity contribution in [3.8, 4) is 17.3 Å². The van der Waals surface area contributed by atoms with Crippen molar-refractivity contribution >= 4 is 38.5 Å². The topological polar surface area (TPSA) is 136 Å². The maximum Gasteiger partial charge on any atom is 0.240 e. The number of para-hydroxylation sites is 1. The SMILES string of the molecule is CC1(S(=O)(=O)NC(=O)[C@]23CC(=O)[C@@H]4C[C@@H](Oc5nc(-c6ccccc6)nc6ccccc56)CN4C(=O)[C@@H](Cc4ccccc4)CCCCC/C=C\[C@H]2C3)CC1. The molecule has 1 N–H and O–H groups in total. The summed E-state index contributed by atoms with van der Waals surface area (Å²) >= 11 is 0. The van der Waals surface area contributed by atoms with Gasteiger partial charge in [-0.1, -0.05) is 97.8 Å². The molecule has 2 aliphatic heterocycles. The van der Waals surface area contributed by atoms with Crippen molar-refractivity contribution < 1.29 is 27.5 Å². The molecule has 3 heterocycles. The molecule has 0 radical (unpaired) electrons. The lowest BCUT2D eigenvalue weighted by Crippen LogP contribution is -2.47. The van der Waals surface area contributed by atoms with Crippen LogP contribution in [0.3, 0.4) is 0 Å². The molecule has 1 aromatic heterocycles. The second-order valence-corrected chi connectivity index (χ2v) is 18.4. The fourth-order valence-corrected chi connectivity index (χ4v) is 9.66. The van der Waals surface area contributed by atoms with Gasteiger partial charge in [0, 0.05) is 24.3 Å². The molecule has 55 heavy (non-hydrogen) atoms. The predicted octanol–water partition coefficient (Wildman–Crippen LogP) is 6.99. The molecule has 5 atom stereocenters. The van der Waals surface area contributed by atoms with Crippen LogP contribution in [0, 0.1) is 17.3 Å². The average Bonchev–Trinajstić information content (AvgIpc) is 4.07. The molecule has 0 unspecified atom stereocenters. The zero-order valence-corrected chi connectivity index (χ0v) is 32.0. The van der Waals surface area contributed by atoms with Crippen LogP contribution in [0.1, 0.15) is 76.7 Å². The highest BCUT2D eigenvalue weighted by Gasteiger charge is 2.62. The molecule has 0 spiro atoms. The van der Waals surface area contributed by atoms with Crippen LogP contribution in [0.25, 0.3) is 22.3 Å². The molecule has 4 aromatic rings. The van der Waals surface area contributed by atoms with E-state index >= 15 is 0 Å². The number of nitrogens with zero attached hydrogens (tertiary/aromatic N) is 3. The van der Waals surface area contributed by atoms with Crippen molar-refractivity contribution in [3.05, 3.63) is 103 Å². The number of ketones is 1. The highest BCUT2D eigenvalue weighted by Crippen LogP contribution is 2.57. The summed E-state index contributed by atoms with van der Waals surface area (Å²) in [7, 11) is -3.91. The van der Waals surface area contributed by atoms with Gasteiger partial charge in [-0.2, -0.15) is 4.98 Å². The Hall–Kier alpha value is -4.90. The quantitative estimate of drug-likeness (QED) is 0.190. The summed E-state index contributed by atoms with van der Waals surface area (Å²) in [5.41, 5.74) is 1.40. The van der Waals surface area contributed by atoms with Gasteiger partial charge in [0.2, 0.25) is 27.7 Å². The minimum Gasteiger partial charge on any atom is -0.472 e. The number of benzene rings is 3. The van der Waals surface area contributed by atoms with E-state index in [0.29, 0.717) is 49.3 Å². The van der Waals surface area contributed by atoms with Gasteiger partial charge in [0.25, 0.3) is 0 Å². The molecule has 286 valence electrons. The van der Waals surface area contributed by atoms with E-state index in [4.69, 9.17) is 14.7 Å². The number of hydrogen-bond acceptors (Lipinski definition) is 8. The Morgan fingerprint density at radius 1 is 0.927 bits per heavy atom. The van der Waals surface area contributed by atoms with Crippen molar-refractivity contribution in [3.63, 3.8) is 0 Å². The summed E-state index contributed by atoms with van der Waals surface area (Å²) in [6.07, 6.45) is 9.68. The largest absolute Gasteiger partial charge is 0.472 e. The van der Waals surface area contributed by atoms with Gasteiger partial charge in [-0.3, -0.25) is 19.1 Å². The Kier molecular flexibility index (Phi) is 10.1. The number of carbonyl (C=O) groups is 3. The number of Topliss-reactive ketones (excluding diaryl/α,β-unsaturated/α-hetero) is 1. The zero-order valence-electron chi connectivity index (χ0n) is 31.2. The van der Waals surface area contributed by atoms with Crippen molar-refractivity contribution in [2.45, 2.75) is 94.4 Å². The molecule has 2 saturated carbocycles. The van der Waals surface area contributed by atoms with Crippen LogP contribution >= 0.6 is 0 Å². The summed E-state index contributed by atoms with van der Waals surface area (Å²) < 4.78 is 34.6. The predicted molar refractivity (Wildman–Crippen MR) is 210 cm³/mol. The van der Waals surface area contributed by atoms with E-state index in [2.05, 4.69) is 10.8 Å². The van der Waals surface area contributed by atoms with Gasteiger partial charge in [0.1, 0.15) is 6.10 Å². The van der Waals surface area contributed by atoms with Crippen molar-refractivity contribution in [1.82, 2.24) is 19.6 Å². The Balaban J connectivity index is 1.13. The lowest BCUT2D eigenvalue weighted by atomic mass is 9.90. The Labute approximate surface area is 322 Å². The molecule has 11 heteroatoms. The fraction of sp³-hybridized carbons (Fsp3) is 0.432. The van der Waals surface area contributed by atoms with E-state index in [1.54, 1.807) is 11.8 Å². The van der Waals surface area contributed by atoms with Crippen LogP contribution in [0.4, 0.5) is 0 Å². The second-order valence-electron chi connectivity index (χ2n) is 16.2. The number of fused-ring (bicyclic) bond motifs is 3. The number of rotatable bonds is 8. The van der Waals surface area contributed by atoms with E-state index in [0.717, 1.165) is 42.2 Å². The van der Waals surface area contributed by atoms with Crippen molar-refractivity contribution in [2.75, 3.05) is 6.54 Å². The summed E-state index contributed by atoms with van der Waals surface area (Å²) in [6, 6.07) is 26.4. The second kappa shape index (κ2) is 15.0. The maximum absolute atomic E-state index is 14.8. The molecular formula is C44H48N4O6S. The summed E-state index contributed by atoms with van der Waals surface area (Å²) in [5.74, 6) is -0.722. The smallest absolute Gasteiger partial charge is 0.240 e. The zero-order chi connectivity index (χ0) is 38.2. The first-order valence-electron chi connectivity index (χ1n) is 19.6. The summed E-state index contributed by atoms with van der Waals surface area (Å²) in [5, 5.41) is 0.722. The number of carbonyl (C=O) groups excluding carboxylic acids is 3. The third-order valence-corrected chi connectivity index (χ3v) is 14.3. The molecule has 4 aliphatic rings. The van der Waals surface area contributed by atoms with Gasteiger partial charge in [-0.25, -0.2) is 13.4 Å². The number of amides is 2. The van der Waals surface area contributed by atoms with E-state index in [1.165, 1.54) is 0 Å². The first-order valence-corrected chi connectivity index (χ1v) is 21.1. The van der Waals surface area contributed by atoms with Crippen LogP contribution < -0.4 is 9.46 Å². The summed E-state index contributed by atoms with van der Waals surface area (Å²) in [6.45, 7) is 1.82. The Bertz CT molecular complexity index is 2220. The minimum absolute atomic E-state index is 0.103. The first kappa shape index (κ1) is 37.0. The third kappa shape index (κ3) is 7.68. The first-order chi connectivity index (χ1) is 26.6. The molecular weight excluding hydrogens is 713 g/mol. The highest BCUT2D eigenvalue weighted by molar-refractivity contribution is 7.91. The number of ether oxygens (including phenoxy) is 1. The average molecular weight is 761 g/mol. The monoisotopic (exact) mass is 760 g/mol. The van der Waals surface area contributed by atoms with Gasteiger partial charge < -0.3 is 9.64 Å². The van der Waals surface area contributed by atoms with Crippen LogP contribution in [-0.4, -0.2) is 64.3 Å². The number of sulfonamides is 1. The minimum atomic E-state index is -3.91. The highest BCUT2D eigenvalue weighted by atomic mass is 32.2. The van der Waals surface area contributed by atoms with Gasteiger partial charge in [0.05, 0.1) is 33.7 Å².